The Labute approximate surface area is 141 Å². The van der Waals surface area contributed by atoms with Crippen molar-refractivity contribution in [3.05, 3.63) is 63.9 Å². The van der Waals surface area contributed by atoms with Gasteiger partial charge in [0.15, 0.2) is 0 Å². The zero-order valence-corrected chi connectivity index (χ0v) is 13.9. The first-order valence-electron chi connectivity index (χ1n) is 8.08. The molecule has 0 atom stereocenters. The molecule has 0 N–H and O–H groups in total. The lowest BCUT2D eigenvalue weighted by Gasteiger charge is -2.43. The highest BCUT2D eigenvalue weighted by molar-refractivity contribution is 6.30. The highest BCUT2D eigenvalue weighted by Crippen LogP contribution is 2.46. The highest BCUT2D eigenvalue weighted by Gasteiger charge is 2.48. The van der Waals surface area contributed by atoms with Crippen molar-refractivity contribution >= 4 is 17.5 Å². The van der Waals surface area contributed by atoms with E-state index in [-0.39, 0.29) is 11.3 Å². The molecule has 1 amide bonds. The van der Waals surface area contributed by atoms with Crippen molar-refractivity contribution in [1.82, 2.24) is 9.88 Å². The average molecular weight is 327 g/mol. The van der Waals surface area contributed by atoms with Crippen LogP contribution in [0.4, 0.5) is 0 Å². The number of hydrogen-bond donors (Lipinski definition) is 0. The second kappa shape index (κ2) is 5.34. The number of benzene rings is 1. The van der Waals surface area contributed by atoms with Crippen molar-refractivity contribution in [3.63, 3.8) is 0 Å². The molecule has 4 rings (SSSR count). The van der Waals surface area contributed by atoms with E-state index in [1.165, 1.54) is 11.1 Å². The summed E-state index contributed by atoms with van der Waals surface area (Å²) in [4.78, 5) is 19.6. The van der Waals surface area contributed by atoms with E-state index in [2.05, 4.69) is 11.1 Å². The van der Waals surface area contributed by atoms with Crippen LogP contribution in [0.15, 0.2) is 36.5 Å². The summed E-state index contributed by atoms with van der Waals surface area (Å²) in [6.45, 7) is 3.37. The van der Waals surface area contributed by atoms with Crippen molar-refractivity contribution < 1.29 is 4.79 Å². The van der Waals surface area contributed by atoms with Gasteiger partial charge in [-0.15, -0.1) is 0 Å². The Kier molecular flexibility index (Phi) is 3.42. The van der Waals surface area contributed by atoms with E-state index >= 15 is 0 Å². The normalized spacial score (nSPS) is 18.4. The monoisotopic (exact) mass is 326 g/mol. The molecule has 23 heavy (non-hydrogen) atoms. The Morgan fingerprint density at radius 3 is 2.52 bits per heavy atom. The highest BCUT2D eigenvalue weighted by atomic mass is 35.5. The molecule has 0 unspecified atom stereocenters. The fraction of sp³-hybridized carbons (Fsp3) is 0.368. The molecule has 1 aromatic heterocycles. The molecule has 1 aliphatic heterocycles. The first-order valence-corrected chi connectivity index (χ1v) is 8.46. The molecule has 1 fully saturated rings. The fourth-order valence-corrected chi connectivity index (χ4v) is 3.90. The van der Waals surface area contributed by atoms with E-state index in [0.29, 0.717) is 18.1 Å². The molecule has 1 aromatic carbocycles. The summed E-state index contributed by atoms with van der Waals surface area (Å²) < 4.78 is 0. The summed E-state index contributed by atoms with van der Waals surface area (Å²) in [6.07, 6.45) is 4.87. The van der Waals surface area contributed by atoms with Crippen LogP contribution in [0.1, 0.15) is 41.6 Å². The molecule has 0 radical (unpaired) electrons. The van der Waals surface area contributed by atoms with E-state index < -0.39 is 0 Å². The van der Waals surface area contributed by atoms with Gasteiger partial charge in [0.25, 0.3) is 0 Å². The first kappa shape index (κ1) is 14.7. The van der Waals surface area contributed by atoms with Crippen LogP contribution in [0.5, 0.6) is 0 Å². The quantitative estimate of drug-likeness (QED) is 0.835. The van der Waals surface area contributed by atoms with Gasteiger partial charge >= 0.3 is 0 Å². The first-order chi connectivity index (χ1) is 11.1. The largest absolute Gasteiger partial charge is 0.333 e. The molecular formula is C19H19ClN2O. The number of carbonyl (C=O) groups is 1. The number of hydrogen-bond acceptors (Lipinski definition) is 2. The van der Waals surface area contributed by atoms with Gasteiger partial charge in [0.2, 0.25) is 5.91 Å². The molecular weight excluding hydrogens is 308 g/mol. The number of nitrogens with zero attached hydrogens (tertiary/aromatic N) is 2. The maximum absolute atomic E-state index is 13.3. The van der Waals surface area contributed by atoms with E-state index in [0.717, 1.165) is 30.5 Å². The minimum absolute atomic E-state index is 0.250. The lowest BCUT2D eigenvalue weighted by Crippen LogP contribution is -2.49. The van der Waals surface area contributed by atoms with Crippen molar-refractivity contribution in [2.24, 2.45) is 0 Å². The predicted octanol–water partition coefficient (Wildman–Crippen LogP) is 4.01. The Hall–Kier alpha value is -1.87. The van der Waals surface area contributed by atoms with Gasteiger partial charge in [0, 0.05) is 30.0 Å². The van der Waals surface area contributed by atoms with Gasteiger partial charge in [-0.2, -0.15) is 0 Å². The minimum atomic E-state index is -0.352. The number of amides is 1. The molecule has 1 aliphatic carbocycles. The Morgan fingerprint density at radius 1 is 1.17 bits per heavy atom. The average Bonchev–Trinajstić information content (AvgIpc) is 2.91. The van der Waals surface area contributed by atoms with Gasteiger partial charge in [-0.3, -0.25) is 9.78 Å². The number of carbonyl (C=O) groups excluding carboxylic acids is 1. The smallest absolute Gasteiger partial charge is 0.233 e. The number of halogens is 1. The van der Waals surface area contributed by atoms with Crippen LogP contribution in [0, 0.1) is 6.92 Å². The topological polar surface area (TPSA) is 33.2 Å². The maximum Gasteiger partial charge on any atom is 0.233 e. The van der Waals surface area contributed by atoms with Crippen LogP contribution in [0.3, 0.4) is 0 Å². The lowest BCUT2D eigenvalue weighted by molar-refractivity contribution is -0.141. The van der Waals surface area contributed by atoms with Crippen LogP contribution in [-0.2, 0) is 23.3 Å². The molecule has 0 saturated heterocycles. The number of aryl methyl sites for hydroxylation is 1. The van der Waals surface area contributed by atoms with Crippen LogP contribution < -0.4 is 0 Å². The summed E-state index contributed by atoms with van der Waals surface area (Å²) in [5.41, 5.74) is 4.17. The van der Waals surface area contributed by atoms with Crippen LogP contribution in [0.2, 0.25) is 5.02 Å². The zero-order valence-electron chi connectivity index (χ0n) is 13.2. The van der Waals surface area contributed by atoms with E-state index in [1.807, 2.05) is 42.3 Å². The molecule has 2 aliphatic rings. The SMILES string of the molecule is Cc1cc2c(cn1)CN(C(=O)C1(c3ccc(Cl)cc3)CCC1)C2. The van der Waals surface area contributed by atoms with Crippen molar-refractivity contribution in [3.8, 4) is 0 Å². The second-order valence-electron chi connectivity index (χ2n) is 6.70. The Bertz CT molecular complexity index is 765. The Morgan fingerprint density at radius 2 is 1.87 bits per heavy atom. The standard InChI is InChI=1S/C19H19ClN2O/c1-13-9-14-11-22(12-15(14)10-21-13)18(23)19(7-2-8-19)16-3-5-17(20)6-4-16/h3-6,9-10H,2,7-8,11-12H2,1H3. The lowest BCUT2D eigenvalue weighted by atomic mass is 9.63. The summed E-state index contributed by atoms with van der Waals surface area (Å²) in [5.74, 6) is 0.250. The summed E-state index contributed by atoms with van der Waals surface area (Å²) >= 11 is 6.00. The third-order valence-corrected chi connectivity index (χ3v) is 5.49. The Balaban J connectivity index is 1.62. The molecule has 3 nitrogen and oxygen atoms in total. The number of pyridine rings is 1. The fourth-order valence-electron chi connectivity index (χ4n) is 3.77. The molecule has 2 heterocycles. The van der Waals surface area contributed by atoms with Gasteiger partial charge in [0.1, 0.15) is 0 Å². The number of rotatable bonds is 2. The van der Waals surface area contributed by atoms with Gasteiger partial charge in [-0.1, -0.05) is 30.2 Å². The molecule has 118 valence electrons. The van der Waals surface area contributed by atoms with Crippen molar-refractivity contribution in [2.45, 2.75) is 44.7 Å². The molecule has 0 spiro atoms. The van der Waals surface area contributed by atoms with Crippen LogP contribution >= 0.6 is 11.6 Å². The van der Waals surface area contributed by atoms with Gasteiger partial charge in [0.05, 0.1) is 5.41 Å². The zero-order chi connectivity index (χ0) is 16.0. The van der Waals surface area contributed by atoms with Crippen LogP contribution in [-0.4, -0.2) is 15.8 Å². The molecule has 4 heteroatoms. The number of fused-ring (bicyclic) bond motifs is 1. The third-order valence-electron chi connectivity index (χ3n) is 5.24. The van der Waals surface area contributed by atoms with Crippen LogP contribution in [0.25, 0.3) is 0 Å². The van der Waals surface area contributed by atoms with Gasteiger partial charge < -0.3 is 4.90 Å². The predicted molar refractivity (Wildman–Crippen MR) is 90.2 cm³/mol. The summed E-state index contributed by atoms with van der Waals surface area (Å²) in [7, 11) is 0. The minimum Gasteiger partial charge on any atom is -0.333 e. The molecule has 1 saturated carbocycles. The number of aromatic nitrogens is 1. The summed E-state index contributed by atoms with van der Waals surface area (Å²) in [6, 6.07) is 9.88. The van der Waals surface area contributed by atoms with Crippen molar-refractivity contribution in [2.75, 3.05) is 0 Å². The van der Waals surface area contributed by atoms with E-state index in [1.54, 1.807) is 0 Å². The summed E-state index contributed by atoms with van der Waals surface area (Å²) in [5, 5.41) is 0.714. The van der Waals surface area contributed by atoms with Gasteiger partial charge in [-0.25, -0.2) is 0 Å². The second-order valence-corrected chi connectivity index (χ2v) is 7.13. The van der Waals surface area contributed by atoms with Crippen molar-refractivity contribution in [1.29, 1.82) is 0 Å². The maximum atomic E-state index is 13.3. The molecule has 0 bridgehead atoms. The van der Waals surface area contributed by atoms with Gasteiger partial charge in [-0.05, 0) is 54.7 Å². The molecule has 2 aromatic rings. The third kappa shape index (κ3) is 2.34. The van der Waals surface area contributed by atoms with E-state index in [9.17, 15) is 4.79 Å². The van der Waals surface area contributed by atoms with E-state index in [4.69, 9.17) is 11.6 Å².